The minimum atomic E-state index is -0.639. The highest BCUT2D eigenvalue weighted by atomic mass is 79.9. The Labute approximate surface area is 73.0 Å². The van der Waals surface area contributed by atoms with E-state index in [-0.39, 0.29) is 5.82 Å². The van der Waals surface area contributed by atoms with Crippen molar-refractivity contribution < 1.29 is 9.50 Å². The van der Waals surface area contributed by atoms with E-state index in [1.807, 2.05) is 0 Å². The average molecular weight is 219 g/mol. The van der Waals surface area contributed by atoms with Crippen LogP contribution in [0.1, 0.15) is 18.6 Å². The summed E-state index contributed by atoms with van der Waals surface area (Å²) in [5.41, 5.74) is 0.574. The highest BCUT2D eigenvalue weighted by Crippen LogP contribution is 2.23. The zero-order chi connectivity index (χ0) is 8.43. The van der Waals surface area contributed by atoms with Gasteiger partial charge in [0, 0.05) is 4.47 Å². The number of rotatable bonds is 1. The predicted molar refractivity (Wildman–Crippen MR) is 44.7 cm³/mol. The molecule has 60 valence electrons. The Morgan fingerprint density at radius 3 is 2.64 bits per heavy atom. The van der Waals surface area contributed by atoms with Gasteiger partial charge in [0.15, 0.2) is 0 Å². The lowest BCUT2D eigenvalue weighted by atomic mass is 10.1. The minimum Gasteiger partial charge on any atom is -0.389 e. The zero-order valence-corrected chi connectivity index (χ0v) is 7.60. The second kappa shape index (κ2) is 3.32. The molecule has 1 aromatic rings. The van der Waals surface area contributed by atoms with Gasteiger partial charge in [-0.1, -0.05) is 15.9 Å². The summed E-state index contributed by atoms with van der Waals surface area (Å²) in [6, 6.07) is 4.24. The van der Waals surface area contributed by atoms with Crippen molar-refractivity contribution in [3.05, 3.63) is 34.1 Å². The zero-order valence-electron chi connectivity index (χ0n) is 6.01. The lowest BCUT2D eigenvalue weighted by molar-refractivity contribution is 0.198. The Hall–Kier alpha value is -0.410. The molecule has 1 nitrogen and oxygen atoms in total. The molecule has 0 fully saturated rings. The summed E-state index contributed by atoms with van der Waals surface area (Å²) < 4.78 is 13.3. The van der Waals surface area contributed by atoms with Gasteiger partial charge in [0.2, 0.25) is 0 Å². The molecular weight excluding hydrogens is 211 g/mol. The molecule has 0 bridgehead atoms. The molecule has 0 heterocycles. The lowest BCUT2D eigenvalue weighted by Crippen LogP contribution is -1.93. The van der Waals surface area contributed by atoms with Crippen molar-refractivity contribution >= 4 is 15.9 Å². The van der Waals surface area contributed by atoms with Crippen molar-refractivity contribution in [2.24, 2.45) is 0 Å². The average Bonchev–Trinajstić information content (AvgIpc) is 1.94. The monoisotopic (exact) mass is 218 g/mol. The molecule has 0 radical (unpaired) electrons. The largest absolute Gasteiger partial charge is 0.389 e. The first-order chi connectivity index (χ1) is 5.11. The van der Waals surface area contributed by atoms with Crippen molar-refractivity contribution in [2.45, 2.75) is 13.0 Å². The second-order valence-electron chi connectivity index (χ2n) is 2.34. The molecule has 1 N–H and O–H groups in total. The smallest absolute Gasteiger partial charge is 0.123 e. The van der Waals surface area contributed by atoms with E-state index in [2.05, 4.69) is 15.9 Å². The molecule has 0 saturated heterocycles. The van der Waals surface area contributed by atoms with Crippen LogP contribution in [-0.2, 0) is 0 Å². The van der Waals surface area contributed by atoms with E-state index >= 15 is 0 Å². The Kier molecular flexibility index (Phi) is 2.62. The molecule has 0 spiro atoms. The second-order valence-corrected chi connectivity index (χ2v) is 3.20. The summed E-state index contributed by atoms with van der Waals surface area (Å²) in [5.74, 6) is -0.330. The van der Waals surface area contributed by atoms with Gasteiger partial charge in [-0.05, 0) is 30.7 Å². The highest BCUT2D eigenvalue weighted by molar-refractivity contribution is 9.10. The van der Waals surface area contributed by atoms with Crippen LogP contribution in [0.5, 0.6) is 0 Å². The Balaban J connectivity index is 3.13. The number of aliphatic hydroxyl groups excluding tert-OH is 1. The predicted octanol–water partition coefficient (Wildman–Crippen LogP) is 2.64. The molecule has 1 aromatic carbocycles. The van der Waals surface area contributed by atoms with Crippen molar-refractivity contribution in [2.75, 3.05) is 0 Å². The fourth-order valence-electron chi connectivity index (χ4n) is 0.835. The van der Waals surface area contributed by atoms with Gasteiger partial charge in [0.25, 0.3) is 0 Å². The maximum atomic E-state index is 12.6. The third-order valence-corrected chi connectivity index (χ3v) is 2.13. The van der Waals surface area contributed by atoms with Gasteiger partial charge in [0.1, 0.15) is 5.82 Å². The first-order valence-electron chi connectivity index (χ1n) is 3.24. The SMILES string of the molecule is C[C@@H](O)c1cc(F)ccc1Br. The third-order valence-electron chi connectivity index (χ3n) is 1.41. The summed E-state index contributed by atoms with van der Waals surface area (Å²) in [7, 11) is 0. The quantitative estimate of drug-likeness (QED) is 0.769. The summed E-state index contributed by atoms with van der Waals surface area (Å²) in [6.45, 7) is 1.60. The standard InChI is InChI=1S/C8H8BrFO/c1-5(11)7-4-6(10)2-3-8(7)9/h2-5,11H,1H3/t5-/m1/s1. The molecule has 0 aliphatic heterocycles. The van der Waals surface area contributed by atoms with E-state index in [0.29, 0.717) is 5.56 Å². The van der Waals surface area contributed by atoms with Crippen LogP contribution in [0.3, 0.4) is 0 Å². The normalized spacial score (nSPS) is 13.1. The molecule has 0 aliphatic carbocycles. The van der Waals surface area contributed by atoms with Crippen LogP contribution in [0, 0.1) is 5.82 Å². The van der Waals surface area contributed by atoms with E-state index in [9.17, 15) is 4.39 Å². The molecule has 0 aromatic heterocycles. The van der Waals surface area contributed by atoms with Crippen molar-refractivity contribution in [3.63, 3.8) is 0 Å². The molecule has 0 aliphatic rings. The highest BCUT2D eigenvalue weighted by Gasteiger charge is 2.06. The van der Waals surface area contributed by atoms with Crippen LogP contribution in [0.15, 0.2) is 22.7 Å². The number of hydrogen-bond donors (Lipinski definition) is 1. The fourth-order valence-corrected chi connectivity index (χ4v) is 1.41. The van der Waals surface area contributed by atoms with Crippen LogP contribution in [0.25, 0.3) is 0 Å². The molecule has 3 heteroatoms. The molecular formula is C8H8BrFO. The van der Waals surface area contributed by atoms with E-state index in [1.54, 1.807) is 13.0 Å². The van der Waals surface area contributed by atoms with Crippen molar-refractivity contribution in [1.29, 1.82) is 0 Å². The van der Waals surface area contributed by atoms with Gasteiger partial charge in [-0.25, -0.2) is 4.39 Å². The van der Waals surface area contributed by atoms with Crippen LogP contribution in [0.2, 0.25) is 0 Å². The van der Waals surface area contributed by atoms with Gasteiger partial charge >= 0.3 is 0 Å². The summed E-state index contributed by atoms with van der Waals surface area (Å²) in [5, 5.41) is 9.13. The minimum absolute atomic E-state index is 0.330. The molecule has 0 amide bonds. The van der Waals surface area contributed by atoms with Gasteiger partial charge in [-0.2, -0.15) is 0 Å². The van der Waals surface area contributed by atoms with Gasteiger partial charge in [-0.15, -0.1) is 0 Å². The Morgan fingerprint density at radius 1 is 1.55 bits per heavy atom. The first kappa shape index (κ1) is 8.68. The van der Waals surface area contributed by atoms with Gasteiger partial charge < -0.3 is 5.11 Å². The topological polar surface area (TPSA) is 20.2 Å². The van der Waals surface area contributed by atoms with Crippen molar-refractivity contribution in [1.82, 2.24) is 0 Å². The van der Waals surface area contributed by atoms with E-state index in [4.69, 9.17) is 5.11 Å². The molecule has 0 saturated carbocycles. The maximum Gasteiger partial charge on any atom is 0.123 e. The number of benzene rings is 1. The number of aliphatic hydroxyl groups is 1. The molecule has 1 atom stereocenters. The van der Waals surface area contributed by atoms with Crippen molar-refractivity contribution in [3.8, 4) is 0 Å². The van der Waals surface area contributed by atoms with Crippen LogP contribution < -0.4 is 0 Å². The summed E-state index contributed by atoms with van der Waals surface area (Å²) in [4.78, 5) is 0. The maximum absolute atomic E-state index is 12.6. The van der Waals surface area contributed by atoms with Crippen LogP contribution in [0.4, 0.5) is 4.39 Å². The molecule has 11 heavy (non-hydrogen) atoms. The fraction of sp³-hybridized carbons (Fsp3) is 0.250. The van der Waals surface area contributed by atoms with E-state index < -0.39 is 6.10 Å². The van der Waals surface area contributed by atoms with Crippen LogP contribution >= 0.6 is 15.9 Å². The van der Waals surface area contributed by atoms with Gasteiger partial charge in [0.05, 0.1) is 6.10 Å². The Morgan fingerprint density at radius 2 is 2.18 bits per heavy atom. The first-order valence-corrected chi connectivity index (χ1v) is 4.03. The third kappa shape index (κ3) is 2.01. The molecule has 1 rings (SSSR count). The lowest BCUT2D eigenvalue weighted by Gasteiger charge is -2.06. The summed E-state index contributed by atoms with van der Waals surface area (Å²) in [6.07, 6.45) is -0.639. The molecule has 0 unspecified atom stereocenters. The van der Waals surface area contributed by atoms with E-state index in [0.717, 1.165) is 4.47 Å². The number of halogens is 2. The Bertz CT molecular complexity index is 260. The van der Waals surface area contributed by atoms with Crippen LogP contribution in [-0.4, -0.2) is 5.11 Å². The summed E-state index contributed by atoms with van der Waals surface area (Å²) >= 11 is 3.20. The van der Waals surface area contributed by atoms with E-state index in [1.165, 1.54) is 12.1 Å². The number of hydrogen-bond acceptors (Lipinski definition) is 1. The van der Waals surface area contributed by atoms with Gasteiger partial charge in [-0.3, -0.25) is 0 Å².